The van der Waals surface area contributed by atoms with E-state index in [4.69, 9.17) is 10.5 Å². The number of benzene rings is 2. The highest BCUT2D eigenvalue weighted by atomic mass is 32.2. The van der Waals surface area contributed by atoms with Gasteiger partial charge in [0.25, 0.3) is 0 Å². The molecule has 0 radical (unpaired) electrons. The second-order valence-electron chi connectivity index (χ2n) is 4.87. The molecule has 104 valence electrons. The van der Waals surface area contributed by atoms with Crippen LogP contribution in [0.2, 0.25) is 0 Å². The normalized spacial score (nSPS) is 18.6. The van der Waals surface area contributed by atoms with Gasteiger partial charge in [0.2, 0.25) is 0 Å². The molecule has 2 aromatic rings. The molecule has 20 heavy (non-hydrogen) atoms. The zero-order valence-corrected chi connectivity index (χ0v) is 12.0. The molecule has 1 heterocycles. The number of rotatable bonds is 3. The summed E-state index contributed by atoms with van der Waals surface area (Å²) in [6.45, 7) is 0. The maximum atomic E-state index is 13.5. The number of ether oxygens (including phenoxy) is 1. The Hall–Kier alpha value is -1.52. The Morgan fingerprint density at radius 2 is 2.10 bits per heavy atom. The minimum atomic E-state index is -0.282. The number of thioether (sulfide) groups is 1. The molecule has 0 saturated carbocycles. The lowest BCUT2D eigenvalue weighted by atomic mass is 9.89. The largest absolute Gasteiger partial charge is 0.496 e. The lowest BCUT2D eigenvalue weighted by molar-refractivity contribution is 0.401. The molecule has 0 aliphatic carbocycles. The highest BCUT2D eigenvalue weighted by Crippen LogP contribution is 2.45. The molecule has 0 bridgehead atoms. The number of fused-ring (bicyclic) bond motifs is 1. The number of hydrogen-bond acceptors (Lipinski definition) is 3. The van der Waals surface area contributed by atoms with Crippen molar-refractivity contribution in [3.05, 3.63) is 59.4 Å². The van der Waals surface area contributed by atoms with Crippen LogP contribution in [0, 0.1) is 5.82 Å². The van der Waals surface area contributed by atoms with Crippen molar-refractivity contribution in [3.63, 3.8) is 0 Å². The molecule has 0 aromatic heterocycles. The van der Waals surface area contributed by atoms with Crippen molar-refractivity contribution >= 4 is 11.8 Å². The second-order valence-corrected chi connectivity index (χ2v) is 5.93. The number of hydrogen-bond donors (Lipinski definition) is 1. The number of nitrogens with two attached hydrogens (primary N) is 1. The van der Waals surface area contributed by atoms with E-state index in [1.165, 1.54) is 22.6 Å². The van der Waals surface area contributed by atoms with Crippen molar-refractivity contribution in [2.75, 3.05) is 12.9 Å². The lowest BCUT2D eigenvalue weighted by Gasteiger charge is -2.22. The molecule has 0 spiro atoms. The highest BCUT2D eigenvalue weighted by Gasteiger charge is 2.30. The van der Waals surface area contributed by atoms with E-state index in [-0.39, 0.29) is 17.8 Å². The zero-order chi connectivity index (χ0) is 14.1. The molecule has 0 fully saturated rings. The smallest absolute Gasteiger partial charge is 0.123 e. The van der Waals surface area contributed by atoms with Crippen LogP contribution >= 0.6 is 11.8 Å². The third-order valence-electron chi connectivity index (χ3n) is 3.72. The van der Waals surface area contributed by atoms with Crippen molar-refractivity contribution in [1.82, 2.24) is 0 Å². The Kier molecular flexibility index (Phi) is 3.68. The van der Waals surface area contributed by atoms with Gasteiger partial charge in [0, 0.05) is 28.2 Å². The number of halogens is 1. The maximum Gasteiger partial charge on any atom is 0.123 e. The summed E-state index contributed by atoms with van der Waals surface area (Å²) in [5.74, 6) is 1.47. The van der Waals surface area contributed by atoms with E-state index >= 15 is 0 Å². The van der Waals surface area contributed by atoms with Crippen LogP contribution in [0.3, 0.4) is 0 Å². The van der Waals surface area contributed by atoms with Crippen LogP contribution in [0.25, 0.3) is 0 Å². The first-order valence-electron chi connectivity index (χ1n) is 6.51. The van der Waals surface area contributed by atoms with Gasteiger partial charge in [-0.2, -0.15) is 0 Å². The fourth-order valence-electron chi connectivity index (χ4n) is 2.67. The van der Waals surface area contributed by atoms with Crippen LogP contribution in [0.15, 0.2) is 47.4 Å². The van der Waals surface area contributed by atoms with Gasteiger partial charge in [-0.05, 0) is 29.8 Å². The van der Waals surface area contributed by atoms with Crippen molar-refractivity contribution in [2.45, 2.75) is 16.9 Å². The van der Waals surface area contributed by atoms with Gasteiger partial charge in [0.1, 0.15) is 11.6 Å². The lowest BCUT2D eigenvalue weighted by Crippen LogP contribution is -2.20. The topological polar surface area (TPSA) is 35.2 Å². The molecule has 0 saturated heterocycles. The van der Waals surface area contributed by atoms with Crippen LogP contribution in [-0.4, -0.2) is 12.9 Å². The van der Waals surface area contributed by atoms with Crippen molar-refractivity contribution in [3.8, 4) is 5.75 Å². The van der Waals surface area contributed by atoms with E-state index < -0.39 is 0 Å². The van der Waals surface area contributed by atoms with Gasteiger partial charge < -0.3 is 10.5 Å². The molecule has 1 aliphatic heterocycles. The van der Waals surface area contributed by atoms with Gasteiger partial charge in [0.05, 0.1) is 7.11 Å². The van der Waals surface area contributed by atoms with Crippen molar-refractivity contribution in [2.24, 2.45) is 5.73 Å². The first-order valence-corrected chi connectivity index (χ1v) is 7.50. The molecule has 2 atom stereocenters. The molecule has 0 amide bonds. The van der Waals surface area contributed by atoms with Crippen molar-refractivity contribution in [1.29, 1.82) is 0 Å². The molecule has 2 N–H and O–H groups in total. The molecule has 2 unspecified atom stereocenters. The fraction of sp³-hybridized carbons (Fsp3) is 0.250. The monoisotopic (exact) mass is 289 g/mol. The molecule has 4 heteroatoms. The predicted octanol–water partition coefficient (Wildman–Crippen LogP) is 3.72. The summed E-state index contributed by atoms with van der Waals surface area (Å²) in [6.07, 6.45) is 0. The standard InChI is InChI=1S/C16H16FNOS/c1-19-14-7-6-10(17)8-12(14)16(18)13-9-20-15-5-3-2-4-11(13)15/h2-8,13,16H,9,18H2,1H3. The van der Waals surface area contributed by atoms with E-state index in [2.05, 4.69) is 12.1 Å². The molecule has 1 aliphatic rings. The summed E-state index contributed by atoms with van der Waals surface area (Å²) in [6, 6.07) is 12.5. The van der Waals surface area contributed by atoms with Crippen LogP contribution in [0.4, 0.5) is 4.39 Å². The molecule has 2 nitrogen and oxygen atoms in total. The Labute approximate surface area is 122 Å². The van der Waals surface area contributed by atoms with Crippen molar-refractivity contribution < 1.29 is 9.13 Å². The van der Waals surface area contributed by atoms with E-state index in [9.17, 15) is 4.39 Å². The SMILES string of the molecule is COc1ccc(F)cc1C(N)C1CSc2ccccc21. The van der Waals surface area contributed by atoms with E-state index in [0.29, 0.717) is 5.75 Å². The number of methoxy groups -OCH3 is 1. The Morgan fingerprint density at radius 3 is 2.90 bits per heavy atom. The zero-order valence-electron chi connectivity index (χ0n) is 11.2. The predicted molar refractivity (Wildman–Crippen MR) is 79.8 cm³/mol. The van der Waals surface area contributed by atoms with Gasteiger partial charge in [-0.3, -0.25) is 0 Å². The molecular weight excluding hydrogens is 273 g/mol. The first-order chi connectivity index (χ1) is 9.70. The molecular formula is C16H16FNOS. The van der Waals surface area contributed by atoms with Gasteiger partial charge in [-0.15, -0.1) is 11.8 Å². The quantitative estimate of drug-likeness (QED) is 0.935. The average molecular weight is 289 g/mol. The summed E-state index contributed by atoms with van der Waals surface area (Å²) >= 11 is 1.80. The van der Waals surface area contributed by atoms with Crippen LogP contribution in [-0.2, 0) is 0 Å². The Morgan fingerprint density at radius 1 is 1.30 bits per heavy atom. The van der Waals surface area contributed by atoms with E-state index in [0.717, 1.165) is 11.3 Å². The highest BCUT2D eigenvalue weighted by molar-refractivity contribution is 7.99. The summed E-state index contributed by atoms with van der Waals surface area (Å²) in [4.78, 5) is 1.27. The average Bonchev–Trinajstić information content (AvgIpc) is 2.90. The van der Waals surface area contributed by atoms with Gasteiger partial charge in [0.15, 0.2) is 0 Å². The van der Waals surface area contributed by atoms with Gasteiger partial charge >= 0.3 is 0 Å². The fourth-order valence-corrected chi connectivity index (χ4v) is 3.97. The third-order valence-corrected chi connectivity index (χ3v) is 4.93. The summed E-state index contributed by atoms with van der Waals surface area (Å²) in [5, 5.41) is 0. The van der Waals surface area contributed by atoms with Crippen LogP contribution in [0.1, 0.15) is 23.1 Å². The summed E-state index contributed by atoms with van der Waals surface area (Å²) < 4.78 is 18.8. The third kappa shape index (κ3) is 2.30. The second kappa shape index (κ2) is 5.46. The minimum absolute atomic E-state index is 0.187. The van der Waals surface area contributed by atoms with E-state index in [1.54, 1.807) is 24.9 Å². The summed E-state index contributed by atoms with van der Waals surface area (Å²) in [5.41, 5.74) is 8.38. The Bertz CT molecular complexity index is 632. The van der Waals surface area contributed by atoms with Gasteiger partial charge in [-0.25, -0.2) is 4.39 Å². The summed E-state index contributed by atoms with van der Waals surface area (Å²) in [7, 11) is 1.58. The Balaban J connectivity index is 1.98. The first kappa shape index (κ1) is 13.5. The van der Waals surface area contributed by atoms with Crippen LogP contribution < -0.4 is 10.5 Å². The minimum Gasteiger partial charge on any atom is -0.496 e. The molecule has 2 aromatic carbocycles. The van der Waals surface area contributed by atoms with Gasteiger partial charge in [-0.1, -0.05) is 18.2 Å². The maximum absolute atomic E-state index is 13.5. The van der Waals surface area contributed by atoms with Crippen LogP contribution in [0.5, 0.6) is 5.75 Å². The van der Waals surface area contributed by atoms with E-state index in [1.807, 2.05) is 12.1 Å². The molecule has 3 rings (SSSR count).